The van der Waals surface area contributed by atoms with Crippen molar-refractivity contribution in [3.63, 3.8) is 0 Å². The summed E-state index contributed by atoms with van der Waals surface area (Å²) in [6, 6.07) is 57.3. The number of rotatable bonds is 6. The van der Waals surface area contributed by atoms with Crippen LogP contribution < -0.4 is 0 Å². The number of pyridine rings is 1. The first-order chi connectivity index (χ1) is 35.0. The number of aliphatic imine (C=N–C) groups is 1. The Morgan fingerprint density at radius 3 is 1.41 bits per heavy atom. The number of hydrogen-bond acceptors (Lipinski definition) is 4. The summed E-state index contributed by atoms with van der Waals surface area (Å²) in [5, 5.41) is 30.2. The average Bonchev–Trinajstić information content (AvgIpc) is 3.86. The lowest BCUT2D eigenvalue weighted by atomic mass is 9.85. The topological polar surface area (TPSA) is 75.6 Å². The molecule has 0 spiro atoms. The molecule has 8 aromatic carbocycles. The summed E-state index contributed by atoms with van der Waals surface area (Å²) < 4.78 is 4.59. The van der Waals surface area contributed by atoms with Crippen LogP contribution >= 0.6 is 0 Å². The summed E-state index contributed by atoms with van der Waals surface area (Å²) in [6.45, 7) is 27.1. The zero-order valence-corrected chi connectivity index (χ0v) is 44.8. The van der Waals surface area contributed by atoms with Gasteiger partial charge in [0.2, 0.25) is 0 Å². The van der Waals surface area contributed by atoms with Crippen LogP contribution in [0.2, 0.25) is 0 Å². The number of fused-ring (bicyclic) bond motifs is 7. The Labute approximate surface area is 435 Å². The third-order valence-electron chi connectivity index (χ3n) is 15.0. The minimum absolute atomic E-state index is 0.0158. The standard InChI is InChI=1S/C68H66N4O2/c1-65(2,3)43-21-27-58-51(35-43)52-36-44(66(4,5)6)22-28-59(52)71(58)48-25-26-49(63(74)39-48)56-34-42(41-17-14-13-15-18-41)33-47(70-56)40-69-55-20-16-19-50-57(31-32-62(73)64(50)55)72-60-29-23-45(67(7,8)9)37-53(60)54-38-46(68(10,11)12)24-30-61(54)72/h13-40,73-74H,1-12H3. The first-order valence-electron chi connectivity index (χ1n) is 25.9. The molecule has 0 fully saturated rings. The van der Waals surface area contributed by atoms with E-state index in [1.54, 1.807) is 12.3 Å². The van der Waals surface area contributed by atoms with E-state index in [0.717, 1.165) is 50.0 Å². The second-order valence-corrected chi connectivity index (χ2v) is 24.4. The Morgan fingerprint density at radius 2 is 0.919 bits per heavy atom. The Bertz CT molecular complexity index is 3920. The van der Waals surface area contributed by atoms with Gasteiger partial charge in [-0.05, 0) is 146 Å². The number of aromatic nitrogens is 3. The molecular weight excluding hydrogens is 905 g/mol. The molecule has 11 rings (SSSR count). The largest absolute Gasteiger partial charge is 0.507 e. The number of hydrogen-bond donors (Lipinski definition) is 2. The Hall–Kier alpha value is -7.96. The van der Waals surface area contributed by atoms with E-state index in [1.165, 1.54) is 43.8 Å². The fourth-order valence-electron chi connectivity index (χ4n) is 10.7. The highest BCUT2D eigenvalue weighted by atomic mass is 16.3. The number of aromatic hydroxyl groups is 2. The SMILES string of the molecule is CC(C)(C)c1ccc2c(c1)c1cc(C(C)(C)C)ccc1n2-c1ccc(-c2cc(-c3ccccc3)cc(C=Nc3cccc4c(-n5c6ccc(C(C)(C)C)cc6c6cc(C(C)(C)C)ccc65)ccc(O)c34)n2)c(O)c1. The van der Waals surface area contributed by atoms with Gasteiger partial charge in [-0.2, -0.15) is 0 Å². The van der Waals surface area contributed by atoms with Crippen molar-refractivity contribution >= 4 is 66.3 Å². The van der Waals surface area contributed by atoms with Crippen molar-refractivity contribution in [2.45, 2.75) is 105 Å². The minimum atomic E-state index is -0.0213. The van der Waals surface area contributed by atoms with E-state index < -0.39 is 0 Å². The molecule has 0 saturated carbocycles. The van der Waals surface area contributed by atoms with Gasteiger partial charge in [0, 0.05) is 44.2 Å². The first-order valence-corrected chi connectivity index (χ1v) is 25.9. The lowest BCUT2D eigenvalue weighted by molar-refractivity contribution is 0.477. The van der Waals surface area contributed by atoms with Crippen LogP contribution in [0.4, 0.5) is 5.69 Å². The van der Waals surface area contributed by atoms with Crippen molar-refractivity contribution in [3.05, 3.63) is 192 Å². The number of nitrogens with zero attached hydrogens (tertiary/aromatic N) is 4. The maximum Gasteiger partial charge on any atom is 0.127 e. The molecule has 370 valence electrons. The lowest BCUT2D eigenvalue weighted by Crippen LogP contribution is -2.10. The van der Waals surface area contributed by atoms with Crippen molar-refractivity contribution < 1.29 is 10.2 Å². The molecule has 0 saturated heterocycles. The molecule has 0 aliphatic heterocycles. The average molecular weight is 971 g/mol. The second-order valence-electron chi connectivity index (χ2n) is 24.4. The van der Waals surface area contributed by atoms with Gasteiger partial charge in [-0.25, -0.2) is 4.98 Å². The van der Waals surface area contributed by atoms with Crippen molar-refractivity contribution in [1.82, 2.24) is 14.1 Å². The predicted molar refractivity (Wildman–Crippen MR) is 313 cm³/mol. The fraction of sp³-hybridized carbons (Fsp3) is 0.235. The third kappa shape index (κ3) is 8.50. The molecule has 3 heterocycles. The minimum Gasteiger partial charge on any atom is -0.507 e. The van der Waals surface area contributed by atoms with Gasteiger partial charge in [0.05, 0.1) is 56.4 Å². The van der Waals surface area contributed by atoms with Crippen LogP contribution in [-0.4, -0.2) is 30.5 Å². The van der Waals surface area contributed by atoms with Gasteiger partial charge in [-0.1, -0.05) is 150 Å². The molecule has 0 aliphatic rings. The van der Waals surface area contributed by atoms with Gasteiger partial charge in [-0.3, -0.25) is 4.99 Å². The van der Waals surface area contributed by atoms with Gasteiger partial charge < -0.3 is 19.3 Å². The molecule has 0 aliphatic carbocycles. The van der Waals surface area contributed by atoms with E-state index in [1.807, 2.05) is 60.7 Å². The number of phenols is 2. The molecule has 3 aromatic heterocycles. The van der Waals surface area contributed by atoms with Crippen molar-refractivity contribution in [3.8, 4) is 45.3 Å². The summed E-state index contributed by atoms with van der Waals surface area (Å²) >= 11 is 0. The highest BCUT2D eigenvalue weighted by molar-refractivity contribution is 6.13. The summed E-state index contributed by atoms with van der Waals surface area (Å²) in [5.41, 5.74) is 15.6. The summed E-state index contributed by atoms with van der Waals surface area (Å²) in [6.07, 6.45) is 1.76. The Kier molecular flexibility index (Phi) is 11.3. The third-order valence-corrected chi connectivity index (χ3v) is 15.0. The van der Waals surface area contributed by atoms with Gasteiger partial charge in [0.1, 0.15) is 11.5 Å². The van der Waals surface area contributed by atoms with Crippen LogP contribution in [0, 0.1) is 0 Å². The van der Waals surface area contributed by atoms with Crippen LogP contribution in [0.25, 0.3) is 88.1 Å². The van der Waals surface area contributed by atoms with E-state index in [4.69, 9.17) is 9.98 Å². The molecule has 0 radical (unpaired) electrons. The monoisotopic (exact) mass is 971 g/mol. The van der Waals surface area contributed by atoms with Crippen LogP contribution in [0.5, 0.6) is 11.5 Å². The van der Waals surface area contributed by atoms with E-state index >= 15 is 0 Å². The highest BCUT2D eigenvalue weighted by Crippen LogP contribution is 2.44. The lowest BCUT2D eigenvalue weighted by Gasteiger charge is -2.19. The Morgan fingerprint density at radius 1 is 0.419 bits per heavy atom. The van der Waals surface area contributed by atoms with Crippen LogP contribution in [0.3, 0.4) is 0 Å². The summed E-state index contributed by atoms with van der Waals surface area (Å²) in [4.78, 5) is 10.3. The first kappa shape index (κ1) is 48.3. The zero-order chi connectivity index (χ0) is 52.2. The summed E-state index contributed by atoms with van der Waals surface area (Å²) in [7, 11) is 0. The maximum atomic E-state index is 12.1. The van der Waals surface area contributed by atoms with E-state index in [0.29, 0.717) is 28.0 Å². The van der Waals surface area contributed by atoms with Crippen LogP contribution in [-0.2, 0) is 21.7 Å². The molecule has 2 N–H and O–H groups in total. The predicted octanol–water partition coefficient (Wildman–Crippen LogP) is 18.1. The van der Waals surface area contributed by atoms with Crippen molar-refractivity contribution in [2.24, 2.45) is 4.99 Å². The van der Waals surface area contributed by atoms with Crippen LogP contribution in [0.1, 0.15) is 111 Å². The number of benzene rings is 8. The van der Waals surface area contributed by atoms with Crippen molar-refractivity contribution in [1.29, 1.82) is 0 Å². The molecule has 6 nitrogen and oxygen atoms in total. The maximum absolute atomic E-state index is 12.1. The molecular formula is C68H66N4O2. The normalized spacial score (nSPS) is 12.9. The fourth-order valence-corrected chi connectivity index (χ4v) is 10.7. The second kappa shape index (κ2) is 17.3. The Balaban J connectivity index is 1.03. The van der Waals surface area contributed by atoms with E-state index in [9.17, 15) is 10.2 Å². The van der Waals surface area contributed by atoms with E-state index in [2.05, 4.69) is 189 Å². The van der Waals surface area contributed by atoms with Gasteiger partial charge in [0.15, 0.2) is 0 Å². The zero-order valence-electron chi connectivity index (χ0n) is 44.8. The van der Waals surface area contributed by atoms with Crippen LogP contribution in [0.15, 0.2) is 169 Å². The quantitative estimate of drug-likeness (QED) is 0.163. The number of phenolic OH excluding ortho intramolecular Hbond substituents is 2. The van der Waals surface area contributed by atoms with Gasteiger partial charge in [0.25, 0.3) is 0 Å². The molecule has 11 aromatic rings. The molecule has 0 atom stereocenters. The smallest absolute Gasteiger partial charge is 0.127 e. The van der Waals surface area contributed by atoms with Crippen molar-refractivity contribution in [2.75, 3.05) is 0 Å². The molecule has 6 heteroatoms. The van der Waals surface area contributed by atoms with E-state index in [-0.39, 0.29) is 33.2 Å². The molecule has 0 unspecified atom stereocenters. The van der Waals surface area contributed by atoms with Gasteiger partial charge >= 0.3 is 0 Å². The molecule has 0 amide bonds. The highest BCUT2D eigenvalue weighted by Gasteiger charge is 2.25. The van der Waals surface area contributed by atoms with Gasteiger partial charge in [-0.15, -0.1) is 0 Å². The molecule has 74 heavy (non-hydrogen) atoms. The summed E-state index contributed by atoms with van der Waals surface area (Å²) in [5.74, 6) is 0.267. The molecule has 0 bridgehead atoms.